The molecule has 0 radical (unpaired) electrons. The number of carbonyl (C=O) groups is 1. The lowest BCUT2D eigenvalue weighted by atomic mass is 10.00. The largest absolute Gasteiger partial charge is 0.340 e. The molecule has 134 valence electrons. The van der Waals surface area contributed by atoms with Crippen molar-refractivity contribution < 1.29 is 4.79 Å². The Balaban J connectivity index is 1.81. The first-order valence-corrected chi connectivity index (χ1v) is 8.79. The van der Waals surface area contributed by atoms with E-state index in [2.05, 4.69) is 20.2 Å². The van der Waals surface area contributed by atoms with Crippen molar-refractivity contribution in [1.29, 1.82) is 0 Å². The molecule has 26 heavy (non-hydrogen) atoms. The third-order valence-electron chi connectivity index (χ3n) is 5.21. The number of hydrogen-bond donors (Lipinski definition) is 2. The highest BCUT2D eigenvalue weighted by Crippen LogP contribution is 2.33. The van der Waals surface area contributed by atoms with Gasteiger partial charge in [-0.15, -0.1) is 0 Å². The monoisotopic (exact) mass is 351 g/mol. The summed E-state index contributed by atoms with van der Waals surface area (Å²) in [7, 11) is 0. The van der Waals surface area contributed by atoms with Crippen LogP contribution in [0.15, 0.2) is 23.0 Å². The number of benzene rings is 1. The van der Waals surface area contributed by atoms with Crippen LogP contribution in [0.3, 0.4) is 0 Å². The molecule has 1 atom stereocenters. The standard InChI is InChI=1S/C19H21N5O2/c1-10-6-7-13-14(9-11(2)20-16(13)12(10)3)18(25)24-8-4-5-15(24)17-21-19(26)23-22-17/h6-7,9,15H,4-5,8H2,1-3H3,(H2,21,22,23,26). The van der Waals surface area contributed by atoms with E-state index in [0.29, 0.717) is 17.9 Å². The van der Waals surface area contributed by atoms with Crippen molar-refractivity contribution in [2.24, 2.45) is 0 Å². The summed E-state index contributed by atoms with van der Waals surface area (Å²) in [5.74, 6) is 0.470. The van der Waals surface area contributed by atoms with E-state index in [9.17, 15) is 9.59 Å². The fraction of sp³-hybridized carbons (Fsp3) is 0.368. The molecule has 0 bridgehead atoms. The average molecular weight is 351 g/mol. The number of aromatic nitrogens is 4. The van der Waals surface area contributed by atoms with E-state index in [4.69, 9.17) is 0 Å². The van der Waals surface area contributed by atoms with E-state index in [1.54, 1.807) is 4.90 Å². The number of likely N-dealkylation sites (tertiary alicyclic amines) is 1. The van der Waals surface area contributed by atoms with E-state index in [1.807, 2.05) is 39.0 Å². The minimum absolute atomic E-state index is 0.0462. The van der Waals surface area contributed by atoms with Gasteiger partial charge in [-0.05, 0) is 50.8 Å². The van der Waals surface area contributed by atoms with E-state index in [1.165, 1.54) is 0 Å². The minimum atomic E-state index is -0.351. The normalized spacial score (nSPS) is 17.2. The van der Waals surface area contributed by atoms with Gasteiger partial charge in [0.1, 0.15) is 0 Å². The van der Waals surface area contributed by atoms with Crippen LogP contribution < -0.4 is 5.69 Å². The van der Waals surface area contributed by atoms with E-state index < -0.39 is 0 Å². The third kappa shape index (κ3) is 2.60. The number of aromatic amines is 2. The summed E-state index contributed by atoms with van der Waals surface area (Å²) >= 11 is 0. The molecule has 0 saturated carbocycles. The Morgan fingerprint density at radius 3 is 2.81 bits per heavy atom. The Bertz CT molecular complexity index is 1070. The molecule has 3 aromatic rings. The Morgan fingerprint density at radius 2 is 2.08 bits per heavy atom. The first-order valence-electron chi connectivity index (χ1n) is 8.79. The number of pyridine rings is 1. The second kappa shape index (κ2) is 6.09. The summed E-state index contributed by atoms with van der Waals surface area (Å²) in [6.45, 7) is 6.63. The average Bonchev–Trinajstić information content (AvgIpc) is 3.26. The smallest absolute Gasteiger partial charge is 0.328 e. The summed E-state index contributed by atoms with van der Waals surface area (Å²) in [5.41, 5.74) is 4.24. The first kappa shape index (κ1) is 16.5. The maximum absolute atomic E-state index is 13.4. The lowest BCUT2D eigenvalue weighted by Crippen LogP contribution is -2.31. The number of fused-ring (bicyclic) bond motifs is 1. The van der Waals surface area contributed by atoms with Gasteiger partial charge in [-0.1, -0.05) is 12.1 Å². The molecule has 1 aliphatic rings. The zero-order valence-electron chi connectivity index (χ0n) is 15.1. The van der Waals surface area contributed by atoms with Crippen molar-refractivity contribution in [1.82, 2.24) is 25.1 Å². The molecule has 1 unspecified atom stereocenters. The lowest BCUT2D eigenvalue weighted by Gasteiger charge is -2.24. The number of H-pyrrole nitrogens is 2. The van der Waals surface area contributed by atoms with Crippen LogP contribution in [0.25, 0.3) is 10.9 Å². The van der Waals surface area contributed by atoms with Gasteiger partial charge in [-0.3, -0.25) is 14.8 Å². The molecule has 1 amide bonds. The van der Waals surface area contributed by atoms with Crippen LogP contribution in [0.1, 0.15) is 51.9 Å². The quantitative estimate of drug-likeness (QED) is 0.742. The van der Waals surface area contributed by atoms with E-state index in [0.717, 1.165) is 40.6 Å². The number of hydrogen-bond acceptors (Lipinski definition) is 4. The van der Waals surface area contributed by atoms with Crippen molar-refractivity contribution in [3.05, 3.63) is 56.9 Å². The fourth-order valence-electron chi connectivity index (χ4n) is 3.72. The van der Waals surface area contributed by atoms with Crippen LogP contribution in [-0.2, 0) is 0 Å². The van der Waals surface area contributed by atoms with Crippen molar-refractivity contribution in [2.75, 3.05) is 6.54 Å². The van der Waals surface area contributed by atoms with Gasteiger partial charge in [0, 0.05) is 17.6 Å². The summed E-state index contributed by atoms with van der Waals surface area (Å²) < 4.78 is 0. The maximum Gasteiger partial charge on any atom is 0.340 e. The van der Waals surface area contributed by atoms with Crippen LogP contribution in [0.4, 0.5) is 0 Å². The second-order valence-corrected chi connectivity index (χ2v) is 6.93. The second-order valence-electron chi connectivity index (χ2n) is 6.93. The summed E-state index contributed by atoms with van der Waals surface area (Å²) in [4.78, 5) is 33.9. The number of rotatable bonds is 2. The topological polar surface area (TPSA) is 94.7 Å². The predicted octanol–water partition coefficient (Wildman–Crippen LogP) is 2.55. The zero-order valence-corrected chi connectivity index (χ0v) is 15.1. The maximum atomic E-state index is 13.4. The number of nitrogens with zero attached hydrogens (tertiary/aromatic N) is 3. The molecule has 1 saturated heterocycles. The van der Waals surface area contributed by atoms with Crippen LogP contribution >= 0.6 is 0 Å². The highest BCUT2D eigenvalue weighted by atomic mass is 16.2. The molecule has 7 nitrogen and oxygen atoms in total. The molecule has 1 aliphatic heterocycles. The lowest BCUT2D eigenvalue weighted by molar-refractivity contribution is 0.0732. The molecule has 3 heterocycles. The van der Waals surface area contributed by atoms with Gasteiger partial charge in [0.05, 0.1) is 17.1 Å². The fourth-order valence-corrected chi connectivity index (χ4v) is 3.72. The van der Waals surface area contributed by atoms with Gasteiger partial charge in [0.2, 0.25) is 0 Å². The molecule has 2 aromatic heterocycles. The molecule has 0 spiro atoms. The Morgan fingerprint density at radius 1 is 1.27 bits per heavy atom. The van der Waals surface area contributed by atoms with E-state index in [-0.39, 0.29) is 17.6 Å². The number of nitrogens with one attached hydrogen (secondary N) is 2. The molecule has 0 aliphatic carbocycles. The molecular formula is C19H21N5O2. The van der Waals surface area contributed by atoms with Gasteiger partial charge < -0.3 is 4.90 Å². The summed E-state index contributed by atoms with van der Waals surface area (Å²) in [6.07, 6.45) is 1.66. The molecule has 4 rings (SSSR count). The van der Waals surface area contributed by atoms with E-state index >= 15 is 0 Å². The van der Waals surface area contributed by atoms with Crippen LogP contribution in [0.2, 0.25) is 0 Å². The summed E-state index contributed by atoms with van der Waals surface area (Å²) in [5, 5.41) is 7.28. The zero-order chi connectivity index (χ0) is 18.4. The van der Waals surface area contributed by atoms with Crippen LogP contribution in [0.5, 0.6) is 0 Å². The van der Waals surface area contributed by atoms with Gasteiger partial charge in [-0.25, -0.2) is 9.89 Å². The van der Waals surface area contributed by atoms with Crippen LogP contribution in [0, 0.1) is 20.8 Å². The highest BCUT2D eigenvalue weighted by Gasteiger charge is 2.33. The molecule has 1 aromatic carbocycles. The van der Waals surface area contributed by atoms with Gasteiger partial charge in [0.15, 0.2) is 5.82 Å². The highest BCUT2D eigenvalue weighted by molar-refractivity contribution is 6.07. The van der Waals surface area contributed by atoms with Crippen molar-refractivity contribution in [3.63, 3.8) is 0 Å². The SMILES string of the molecule is Cc1cc(C(=O)N2CCCC2c2n[nH]c(=O)[nH]2)c2ccc(C)c(C)c2n1. The number of aryl methyl sites for hydroxylation is 3. The Labute approximate surface area is 150 Å². The first-order chi connectivity index (χ1) is 12.5. The third-order valence-corrected chi connectivity index (χ3v) is 5.21. The predicted molar refractivity (Wildman–Crippen MR) is 98.2 cm³/mol. The Hall–Kier alpha value is -2.96. The van der Waals surface area contributed by atoms with Gasteiger partial charge in [-0.2, -0.15) is 5.10 Å². The minimum Gasteiger partial charge on any atom is -0.328 e. The number of carbonyl (C=O) groups excluding carboxylic acids is 1. The number of amides is 1. The summed E-state index contributed by atoms with van der Waals surface area (Å²) in [6, 6.07) is 5.63. The Kier molecular flexibility index (Phi) is 3.86. The van der Waals surface area contributed by atoms with Crippen molar-refractivity contribution in [2.45, 2.75) is 39.7 Å². The van der Waals surface area contributed by atoms with Crippen molar-refractivity contribution in [3.8, 4) is 0 Å². The molecular weight excluding hydrogens is 330 g/mol. The van der Waals surface area contributed by atoms with Gasteiger partial charge >= 0.3 is 5.69 Å². The molecule has 1 fully saturated rings. The van der Waals surface area contributed by atoms with Crippen molar-refractivity contribution >= 4 is 16.8 Å². The molecule has 2 N–H and O–H groups in total. The van der Waals surface area contributed by atoms with Crippen LogP contribution in [-0.4, -0.2) is 37.5 Å². The van der Waals surface area contributed by atoms with Gasteiger partial charge in [0.25, 0.3) is 5.91 Å². The molecule has 7 heteroatoms.